The molecular formula is C24H30O5. The summed E-state index contributed by atoms with van der Waals surface area (Å²) in [6, 6.07) is 6.40. The first-order valence-corrected chi connectivity index (χ1v) is 9.90. The predicted octanol–water partition coefficient (Wildman–Crippen LogP) is 5.99. The van der Waals surface area contributed by atoms with Crippen molar-refractivity contribution in [2.24, 2.45) is 0 Å². The van der Waals surface area contributed by atoms with Gasteiger partial charge in [0, 0.05) is 0 Å². The lowest BCUT2D eigenvalue weighted by atomic mass is 9.91. The maximum Gasteiger partial charge on any atom is 0.343 e. The van der Waals surface area contributed by atoms with Crippen LogP contribution in [0.4, 0.5) is 0 Å². The number of ether oxygens (including phenoxy) is 1. The van der Waals surface area contributed by atoms with Crippen LogP contribution in [0.1, 0.15) is 102 Å². The molecule has 0 fully saturated rings. The summed E-state index contributed by atoms with van der Waals surface area (Å²) in [5, 5.41) is 19.9. The number of esters is 1. The first-order valence-electron chi connectivity index (χ1n) is 9.90. The SMILES string of the molecule is Cc1cc(C(=O)O)cc(C(C)C)c1OC(=O)c1cc(C(C)C)c(O)c(C(C)C)c1. The molecule has 2 N–H and O–H groups in total. The van der Waals surface area contributed by atoms with Gasteiger partial charge in [0.05, 0.1) is 11.1 Å². The van der Waals surface area contributed by atoms with Crippen LogP contribution >= 0.6 is 0 Å². The Morgan fingerprint density at radius 2 is 1.24 bits per heavy atom. The standard InChI is InChI=1S/C24H30O5/c1-12(2)18-10-17(11-19(13(3)4)21(18)25)24(28)29-22-15(7)8-16(23(26)27)9-20(22)14(5)6/h8-14,25H,1-7H3,(H,26,27). The number of carbonyl (C=O) groups is 2. The van der Waals surface area contributed by atoms with E-state index < -0.39 is 11.9 Å². The summed E-state index contributed by atoms with van der Waals surface area (Å²) in [5.41, 5.74) is 3.19. The van der Waals surface area contributed by atoms with E-state index in [9.17, 15) is 19.8 Å². The monoisotopic (exact) mass is 398 g/mol. The molecule has 5 heteroatoms. The van der Waals surface area contributed by atoms with E-state index in [1.807, 2.05) is 41.5 Å². The third-order valence-electron chi connectivity index (χ3n) is 5.02. The van der Waals surface area contributed by atoms with Crippen LogP contribution < -0.4 is 4.74 Å². The number of carbonyl (C=O) groups excluding carboxylic acids is 1. The van der Waals surface area contributed by atoms with Gasteiger partial charge in [-0.2, -0.15) is 0 Å². The van der Waals surface area contributed by atoms with Crippen LogP contribution in [0.3, 0.4) is 0 Å². The predicted molar refractivity (Wildman–Crippen MR) is 113 cm³/mol. The Balaban J connectivity index is 2.54. The Kier molecular flexibility index (Phi) is 6.73. The summed E-state index contributed by atoms with van der Waals surface area (Å²) in [5.74, 6) is -0.868. The van der Waals surface area contributed by atoms with Crippen LogP contribution in [0, 0.1) is 6.92 Å². The molecule has 0 aliphatic heterocycles. The molecule has 0 saturated carbocycles. The lowest BCUT2D eigenvalue weighted by Crippen LogP contribution is -2.14. The molecule has 0 radical (unpaired) electrons. The number of aromatic carboxylic acids is 1. The van der Waals surface area contributed by atoms with Crippen LogP contribution in [0.5, 0.6) is 11.5 Å². The van der Waals surface area contributed by atoms with Gasteiger partial charge in [-0.25, -0.2) is 9.59 Å². The average molecular weight is 398 g/mol. The van der Waals surface area contributed by atoms with E-state index in [1.165, 1.54) is 6.07 Å². The topological polar surface area (TPSA) is 83.8 Å². The highest BCUT2D eigenvalue weighted by Crippen LogP contribution is 2.36. The molecule has 0 spiro atoms. The molecule has 0 amide bonds. The second-order valence-corrected chi connectivity index (χ2v) is 8.37. The van der Waals surface area contributed by atoms with Crippen molar-refractivity contribution >= 4 is 11.9 Å². The maximum absolute atomic E-state index is 13.0. The van der Waals surface area contributed by atoms with Crippen LogP contribution in [0.25, 0.3) is 0 Å². The van der Waals surface area contributed by atoms with Crippen molar-refractivity contribution in [1.29, 1.82) is 0 Å². The first-order chi connectivity index (χ1) is 13.4. The molecule has 0 saturated heterocycles. The lowest BCUT2D eigenvalue weighted by Gasteiger charge is -2.19. The van der Waals surface area contributed by atoms with Crippen molar-refractivity contribution < 1.29 is 24.5 Å². The zero-order valence-corrected chi connectivity index (χ0v) is 18.2. The Bertz CT molecular complexity index is 910. The van der Waals surface area contributed by atoms with Crippen molar-refractivity contribution in [3.63, 3.8) is 0 Å². The molecule has 0 bridgehead atoms. The second-order valence-electron chi connectivity index (χ2n) is 8.37. The minimum atomic E-state index is -1.02. The third-order valence-corrected chi connectivity index (χ3v) is 5.02. The van der Waals surface area contributed by atoms with E-state index in [0.29, 0.717) is 33.6 Å². The van der Waals surface area contributed by atoms with Crippen molar-refractivity contribution in [3.8, 4) is 11.5 Å². The molecule has 29 heavy (non-hydrogen) atoms. The fourth-order valence-corrected chi connectivity index (χ4v) is 3.32. The van der Waals surface area contributed by atoms with Gasteiger partial charge in [0.25, 0.3) is 0 Å². The molecule has 0 heterocycles. The number of hydrogen-bond donors (Lipinski definition) is 2. The minimum absolute atomic E-state index is 0.0203. The lowest BCUT2D eigenvalue weighted by molar-refractivity contribution is 0.0696. The highest BCUT2D eigenvalue weighted by Gasteiger charge is 2.22. The Morgan fingerprint density at radius 1 is 0.793 bits per heavy atom. The molecule has 0 unspecified atom stereocenters. The van der Waals surface area contributed by atoms with Crippen molar-refractivity contribution in [3.05, 3.63) is 57.6 Å². The van der Waals surface area contributed by atoms with Gasteiger partial charge >= 0.3 is 11.9 Å². The van der Waals surface area contributed by atoms with E-state index in [2.05, 4.69) is 0 Å². The molecule has 0 aliphatic rings. The normalized spacial score (nSPS) is 11.4. The fourth-order valence-electron chi connectivity index (χ4n) is 3.32. The van der Waals surface area contributed by atoms with Crippen LogP contribution in [0.2, 0.25) is 0 Å². The summed E-state index contributed by atoms with van der Waals surface area (Å²) in [4.78, 5) is 24.4. The number of aromatic hydroxyl groups is 1. The zero-order chi connectivity index (χ0) is 22.0. The number of benzene rings is 2. The summed E-state index contributed by atoms with van der Waals surface area (Å²) < 4.78 is 5.75. The number of hydrogen-bond acceptors (Lipinski definition) is 4. The van der Waals surface area contributed by atoms with E-state index in [-0.39, 0.29) is 29.1 Å². The van der Waals surface area contributed by atoms with Gasteiger partial charge in [0.15, 0.2) is 0 Å². The number of rotatable bonds is 6. The van der Waals surface area contributed by atoms with Gasteiger partial charge in [-0.05, 0) is 71.2 Å². The number of carboxylic acid groups (broad SMARTS) is 1. The summed E-state index contributed by atoms with van der Waals surface area (Å²) >= 11 is 0. The van der Waals surface area contributed by atoms with E-state index in [1.54, 1.807) is 25.1 Å². The van der Waals surface area contributed by atoms with Gasteiger partial charge in [-0.1, -0.05) is 41.5 Å². The largest absolute Gasteiger partial charge is 0.507 e. The molecule has 2 aromatic carbocycles. The van der Waals surface area contributed by atoms with Gasteiger partial charge in [0.1, 0.15) is 11.5 Å². The number of aryl methyl sites for hydroxylation is 1. The molecular weight excluding hydrogens is 368 g/mol. The van der Waals surface area contributed by atoms with E-state index in [4.69, 9.17) is 4.74 Å². The van der Waals surface area contributed by atoms with Gasteiger partial charge in [-0.15, -0.1) is 0 Å². The Labute approximate surface area is 172 Å². The maximum atomic E-state index is 13.0. The average Bonchev–Trinajstić information content (AvgIpc) is 2.62. The zero-order valence-electron chi connectivity index (χ0n) is 18.2. The van der Waals surface area contributed by atoms with Crippen molar-refractivity contribution in [1.82, 2.24) is 0 Å². The molecule has 0 atom stereocenters. The van der Waals surface area contributed by atoms with Gasteiger partial charge in [0.2, 0.25) is 0 Å². The van der Waals surface area contributed by atoms with E-state index >= 15 is 0 Å². The number of phenols is 1. The molecule has 0 aromatic heterocycles. The van der Waals surface area contributed by atoms with Gasteiger partial charge < -0.3 is 14.9 Å². The molecule has 2 aromatic rings. The fraction of sp³-hybridized carbons (Fsp3) is 0.417. The summed E-state index contributed by atoms with van der Waals surface area (Å²) in [7, 11) is 0. The highest BCUT2D eigenvalue weighted by atomic mass is 16.5. The third kappa shape index (κ3) is 4.78. The molecule has 2 rings (SSSR count). The van der Waals surface area contributed by atoms with Gasteiger partial charge in [-0.3, -0.25) is 0 Å². The van der Waals surface area contributed by atoms with Crippen molar-refractivity contribution in [2.45, 2.75) is 66.2 Å². The van der Waals surface area contributed by atoms with Crippen LogP contribution in [-0.2, 0) is 0 Å². The summed E-state index contributed by atoms with van der Waals surface area (Å²) in [6.45, 7) is 13.4. The second kappa shape index (κ2) is 8.68. The van der Waals surface area contributed by atoms with Crippen LogP contribution in [-0.4, -0.2) is 22.2 Å². The quantitative estimate of drug-likeness (QED) is 0.461. The molecule has 0 aliphatic carbocycles. The summed E-state index contributed by atoms with van der Waals surface area (Å²) in [6.07, 6.45) is 0. The minimum Gasteiger partial charge on any atom is -0.507 e. The number of phenolic OH excluding ortho intramolecular Hbond substituents is 1. The Hall–Kier alpha value is -2.82. The number of carboxylic acids is 1. The Morgan fingerprint density at radius 3 is 1.66 bits per heavy atom. The van der Waals surface area contributed by atoms with Crippen molar-refractivity contribution in [2.75, 3.05) is 0 Å². The molecule has 5 nitrogen and oxygen atoms in total. The molecule has 156 valence electrons. The van der Waals surface area contributed by atoms with Crippen LogP contribution in [0.15, 0.2) is 24.3 Å². The first kappa shape index (κ1) is 22.5. The highest BCUT2D eigenvalue weighted by molar-refractivity contribution is 5.93. The van der Waals surface area contributed by atoms with E-state index in [0.717, 1.165) is 0 Å². The smallest absolute Gasteiger partial charge is 0.343 e.